The van der Waals surface area contributed by atoms with E-state index in [2.05, 4.69) is 9.46 Å². The van der Waals surface area contributed by atoms with Gasteiger partial charge in [-0.15, -0.1) is 0 Å². The number of alkyl halides is 2. The van der Waals surface area contributed by atoms with Crippen LogP contribution in [0.3, 0.4) is 0 Å². The molecule has 1 N–H and O–H groups in total. The fourth-order valence-electron chi connectivity index (χ4n) is 1.81. The van der Waals surface area contributed by atoms with Crippen LogP contribution in [0.1, 0.15) is 20.8 Å². The number of anilines is 1. The van der Waals surface area contributed by atoms with Gasteiger partial charge in [-0.05, 0) is 19.9 Å². The number of hydrogen-bond acceptors (Lipinski definition) is 3. The number of hydrogen-bond donors (Lipinski definition) is 1. The summed E-state index contributed by atoms with van der Waals surface area (Å²) in [7, 11) is -3.91. The number of nitrogens with one attached hydrogen (secondary N) is 1. The van der Waals surface area contributed by atoms with Gasteiger partial charge in [0.15, 0.2) is 0 Å². The Morgan fingerprint density at radius 2 is 1.90 bits per heavy atom. The summed E-state index contributed by atoms with van der Waals surface area (Å²) in [6, 6.07) is 2.30. The Bertz CT molecular complexity index is 579. The first-order chi connectivity index (χ1) is 9.65. The van der Waals surface area contributed by atoms with Gasteiger partial charge in [0.25, 0.3) is 0 Å². The average Bonchev–Trinajstić information content (AvgIpc) is 2.25. The van der Waals surface area contributed by atoms with Crippen LogP contribution in [0.2, 0.25) is 0 Å². The highest BCUT2D eigenvalue weighted by Gasteiger charge is 2.23. The van der Waals surface area contributed by atoms with Gasteiger partial charge < -0.3 is 4.74 Å². The smallest absolute Gasteiger partial charge is 0.387 e. The molecule has 120 valence electrons. The zero-order chi connectivity index (χ0) is 16.2. The number of ether oxygens (including phenoxy) is 1. The lowest BCUT2D eigenvalue weighted by atomic mass is 10.3. The summed E-state index contributed by atoms with van der Waals surface area (Å²) in [6.07, 6.45) is 0. The molecule has 0 saturated heterocycles. The van der Waals surface area contributed by atoms with Gasteiger partial charge in [0, 0.05) is 24.7 Å². The van der Waals surface area contributed by atoms with Gasteiger partial charge in [-0.25, -0.2) is 4.39 Å². The van der Waals surface area contributed by atoms with Gasteiger partial charge >= 0.3 is 16.8 Å². The van der Waals surface area contributed by atoms with Crippen molar-refractivity contribution in [2.75, 3.05) is 11.3 Å². The van der Waals surface area contributed by atoms with E-state index >= 15 is 0 Å². The van der Waals surface area contributed by atoms with Gasteiger partial charge in [-0.3, -0.25) is 4.72 Å². The van der Waals surface area contributed by atoms with E-state index < -0.39 is 28.4 Å². The molecule has 0 radical (unpaired) electrons. The lowest BCUT2D eigenvalue weighted by Gasteiger charge is -2.24. The Labute approximate surface area is 121 Å². The predicted molar refractivity (Wildman–Crippen MR) is 73.1 cm³/mol. The number of halogens is 3. The predicted octanol–water partition coefficient (Wildman–Crippen LogP) is 2.81. The van der Waals surface area contributed by atoms with Crippen LogP contribution < -0.4 is 9.46 Å². The van der Waals surface area contributed by atoms with Crippen molar-refractivity contribution in [1.82, 2.24) is 4.31 Å². The van der Waals surface area contributed by atoms with Gasteiger partial charge in [0.1, 0.15) is 11.6 Å². The van der Waals surface area contributed by atoms with Gasteiger partial charge in [0.05, 0.1) is 5.69 Å². The molecular weight excluding hydrogens is 309 g/mol. The molecule has 0 atom stereocenters. The summed E-state index contributed by atoms with van der Waals surface area (Å²) in [4.78, 5) is 0. The normalized spacial score (nSPS) is 12.2. The van der Waals surface area contributed by atoms with Crippen LogP contribution in [0.15, 0.2) is 18.2 Å². The first-order valence-electron chi connectivity index (χ1n) is 6.20. The second-order valence-corrected chi connectivity index (χ2v) is 6.08. The van der Waals surface area contributed by atoms with Gasteiger partial charge in [-0.2, -0.15) is 21.5 Å². The lowest BCUT2D eigenvalue weighted by molar-refractivity contribution is -0.0499. The SMILES string of the molecule is CCN(C(C)C)S(=O)(=O)Nc1cc(F)cc(OC(F)F)c1. The van der Waals surface area contributed by atoms with E-state index in [1.807, 2.05) is 0 Å². The molecule has 21 heavy (non-hydrogen) atoms. The van der Waals surface area contributed by atoms with Crippen LogP contribution in [0.25, 0.3) is 0 Å². The van der Waals surface area contributed by atoms with Crippen LogP contribution >= 0.6 is 0 Å². The maximum absolute atomic E-state index is 13.3. The Hall–Kier alpha value is -1.48. The molecule has 0 aliphatic carbocycles. The van der Waals surface area contributed by atoms with Crippen LogP contribution in [0, 0.1) is 5.82 Å². The molecule has 0 aliphatic rings. The number of benzene rings is 1. The molecule has 5 nitrogen and oxygen atoms in total. The summed E-state index contributed by atoms with van der Waals surface area (Å²) < 4.78 is 69.1. The van der Waals surface area contributed by atoms with E-state index in [9.17, 15) is 21.6 Å². The topological polar surface area (TPSA) is 58.6 Å². The van der Waals surface area contributed by atoms with Crippen molar-refractivity contribution in [3.8, 4) is 5.75 Å². The Kier molecular flexibility index (Phi) is 5.85. The Morgan fingerprint density at radius 1 is 1.29 bits per heavy atom. The summed E-state index contributed by atoms with van der Waals surface area (Å²) in [5, 5.41) is 0. The minimum atomic E-state index is -3.91. The van der Waals surface area contributed by atoms with Crippen LogP contribution in [0.4, 0.5) is 18.9 Å². The first-order valence-corrected chi connectivity index (χ1v) is 7.64. The standard InChI is InChI=1S/C12H17F3N2O3S/c1-4-17(8(2)3)21(18,19)16-10-5-9(13)6-11(7-10)20-12(14)15/h5-8,12,16H,4H2,1-3H3. The molecule has 0 aliphatic heterocycles. The quantitative estimate of drug-likeness (QED) is 0.838. The van der Waals surface area contributed by atoms with Crippen molar-refractivity contribution in [2.24, 2.45) is 0 Å². The van der Waals surface area contributed by atoms with E-state index in [1.54, 1.807) is 20.8 Å². The molecule has 0 fully saturated rings. The fraction of sp³-hybridized carbons (Fsp3) is 0.500. The van der Waals surface area contributed by atoms with Crippen LogP contribution in [0.5, 0.6) is 5.75 Å². The zero-order valence-electron chi connectivity index (χ0n) is 11.8. The van der Waals surface area contributed by atoms with E-state index in [4.69, 9.17) is 0 Å². The number of rotatable bonds is 7. The number of nitrogens with zero attached hydrogens (tertiary/aromatic N) is 1. The van der Waals surface area contributed by atoms with E-state index in [-0.39, 0.29) is 18.3 Å². The maximum Gasteiger partial charge on any atom is 0.387 e. The average molecular weight is 326 g/mol. The molecule has 0 unspecified atom stereocenters. The van der Waals surface area contributed by atoms with Crippen molar-refractivity contribution in [3.63, 3.8) is 0 Å². The molecule has 1 aromatic rings. The molecule has 0 aromatic heterocycles. The third-order valence-electron chi connectivity index (χ3n) is 2.54. The minimum absolute atomic E-state index is 0.190. The van der Waals surface area contributed by atoms with Gasteiger partial charge in [-0.1, -0.05) is 6.92 Å². The molecule has 1 rings (SSSR count). The van der Waals surface area contributed by atoms with Crippen molar-refractivity contribution >= 4 is 15.9 Å². The molecular formula is C12H17F3N2O3S. The molecule has 0 bridgehead atoms. The minimum Gasteiger partial charge on any atom is -0.435 e. The molecule has 0 saturated carbocycles. The van der Waals surface area contributed by atoms with Crippen molar-refractivity contribution in [1.29, 1.82) is 0 Å². The highest BCUT2D eigenvalue weighted by atomic mass is 32.2. The van der Waals surface area contributed by atoms with E-state index in [0.717, 1.165) is 22.5 Å². The van der Waals surface area contributed by atoms with Crippen molar-refractivity contribution in [3.05, 3.63) is 24.0 Å². The van der Waals surface area contributed by atoms with E-state index in [0.29, 0.717) is 0 Å². The largest absolute Gasteiger partial charge is 0.435 e. The third-order valence-corrected chi connectivity index (χ3v) is 4.33. The fourth-order valence-corrected chi connectivity index (χ4v) is 3.24. The van der Waals surface area contributed by atoms with Gasteiger partial charge in [0.2, 0.25) is 0 Å². The molecule has 0 amide bonds. The Morgan fingerprint density at radius 3 is 2.38 bits per heavy atom. The van der Waals surface area contributed by atoms with Crippen LogP contribution in [-0.4, -0.2) is 31.9 Å². The second kappa shape index (κ2) is 6.99. The molecule has 9 heteroatoms. The molecule has 0 heterocycles. The highest BCUT2D eigenvalue weighted by molar-refractivity contribution is 7.90. The van der Waals surface area contributed by atoms with Crippen molar-refractivity contribution < 1.29 is 26.3 Å². The zero-order valence-corrected chi connectivity index (χ0v) is 12.6. The molecule has 0 spiro atoms. The highest BCUT2D eigenvalue weighted by Crippen LogP contribution is 2.23. The molecule has 1 aromatic carbocycles. The summed E-state index contributed by atoms with van der Waals surface area (Å²) in [5.41, 5.74) is -0.190. The van der Waals surface area contributed by atoms with Crippen LogP contribution in [-0.2, 0) is 10.2 Å². The monoisotopic (exact) mass is 326 g/mol. The maximum atomic E-state index is 13.3. The Balaban J connectivity index is 3.04. The second-order valence-electron chi connectivity index (χ2n) is 4.46. The first kappa shape index (κ1) is 17.6. The summed E-state index contributed by atoms with van der Waals surface area (Å²) in [5.74, 6) is -1.35. The summed E-state index contributed by atoms with van der Waals surface area (Å²) in [6.45, 7) is 2.09. The van der Waals surface area contributed by atoms with E-state index in [1.165, 1.54) is 0 Å². The third kappa shape index (κ3) is 5.09. The summed E-state index contributed by atoms with van der Waals surface area (Å²) >= 11 is 0. The lowest BCUT2D eigenvalue weighted by Crippen LogP contribution is -2.40. The van der Waals surface area contributed by atoms with Crippen molar-refractivity contribution in [2.45, 2.75) is 33.4 Å².